The highest BCUT2D eigenvalue weighted by Crippen LogP contribution is 2.37. The lowest BCUT2D eigenvalue weighted by atomic mass is 10.1. The van der Waals surface area contributed by atoms with Crippen LogP contribution in [0.4, 0.5) is 10.5 Å². The minimum atomic E-state index is -0.534. The first-order valence-electron chi connectivity index (χ1n) is 8.93. The van der Waals surface area contributed by atoms with E-state index in [1.165, 1.54) is 0 Å². The number of morpholine rings is 1. The molecule has 1 saturated heterocycles. The topological polar surface area (TPSA) is 68.3 Å². The Morgan fingerprint density at radius 3 is 2.54 bits per heavy atom. The van der Waals surface area contributed by atoms with Crippen LogP contribution in [0.3, 0.4) is 0 Å². The van der Waals surface area contributed by atoms with Crippen molar-refractivity contribution in [2.24, 2.45) is 0 Å². The molecule has 2 aliphatic rings. The SMILES string of the molecule is CCOc1cc2c(cc1N1CCOCC1=O)CN(C(=O)OC(C)(C)C)C2. The third-order valence-corrected chi connectivity index (χ3v) is 4.23. The minimum Gasteiger partial charge on any atom is -0.492 e. The number of carbonyl (C=O) groups excluding carboxylic acids is 2. The molecule has 1 fully saturated rings. The fourth-order valence-corrected chi connectivity index (χ4v) is 3.13. The van der Waals surface area contributed by atoms with Gasteiger partial charge in [0.05, 0.1) is 18.9 Å². The van der Waals surface area contributed by atoms with E-state index in [-0.39, 0.29) is 18.6 Å². The van der Waals surface area contributed by atoms with Crippen molar-refractivity contribution in [2.75, 3.05) is 31.3 Å². The summed E-state index contributed by atoms with van der Waals surface area (Å²) in [5, 5.41) is 0. The Hall–Kier alpha value is -2.28. The molecule has 0 saturated carbocycles. The Morgan fingerprint density at radius 2 is 1.92 bits per heavy atom. The van der Waals surface area contributed by atoms with Gasteiger partial charge in [0, 0.05) is 19.6 Å². The zero-order valence-corrected chi connectivity index (χ0v) is 15.8. The van der Waals surface area contributed by atoms with Gasteiger partial charge in [-0.3, -0.25) is 9.69 Å². The van der Waals surface area contributed by atoms with E-state index < -0.39 is 5.60 Å². The van der Waals surface area contributed by atoms with Gasteiger partial charge in [-0.05, 0) is 51.0 Å². The van der Waals surface area contributed by atoms with Crippen LogP contribution < -0.4 is 9.64 Å². The highest BCUT2D eigenvalue weighted by Gasteiger charge is 2.31. The van der Waals surface area contributed by atoms with Gasteiger partial charge in [0.25, 0.3) is 5.91 Å². The average Bonchev–Trinajstić information content (AvgIpc) is 2.97. The number of ether oxygens (including phenoxy) is 3. The van der Waals surface area contributed by atoms with Gasteiger partial charge in [-0.1, -0.05) is 0 Å². The summed E-state index contributed by atoms with van der Waals surface area (Å²) in [6, 6.07) is 3.88. The third-order valence-electron chi connectivity index (χ3n) is 4.23. The average molecular weight is 362 g/mol. The maximum absolute atomic E-state index is 12.4. The summed E-state index contributed by atoms with van der Waals surface area (Å²) in [5.74, 6) is 0.576. The molecular weight excluding hydrogens is 336 g/mol. The van der Waals surface area contributed by atoms with Crippen molar-refractivity contribution in [1.29, 1.82) is 0 Å². The molecule has 7 heteroatoms. The molecule has 0 spiro atoms. The lowest BCUT2D eigenvalue weighted by Gasteiger charge is -2.28. The van der Waals surface area contributed by atoms with E-state index in [4.69, 9.17) is 14.2 Å². The molecule has 0 aromatic heterocycles. The number of anilines is 1. The number of carbonyl (C=O) groups is 2. The van der Waals surface area contributed by atoms with Crippen LogP contribution in [0.25, 0.3) is 0 Å². The standard InChI is InChI=1S/C19H26N2O5/c1-5-25-16-9-14-11-20(18(23)26-19(2,3)4)10-13(14)8-15(16)21-6-7-24-12-17(21)22/h8-9H,5-7,10-12H2,1-4H3. The van der Waals surface area contributed by atoms with Crippen LogP contribution in [0.1, 0.15) is 38.8 Å². The molecule has 2 heterocycles. The lowest BCUT2D eigenvalue weighted by molar-refractivity contribution is -0.125. The molecule has 142 valence electrons. The molecule has 0 unspecified atom stereocenters. The molecule has 2 amide bonds. The van der Waals surface area contributed by atoms with Crippen molar-refractivity contribution in [3.63, 3.8) is 0 Å². The van der Waals surface area contributed by atoms with Crippen LogP contribution in [-0.2, 0) is 27.4 Å². The van der Waals surface area contributed by atoms with Gasteiger partial charge < -0.3 is 19.1 Å². The van der Waals surface area contributed by atoms with Crippen molar-refractivity contribution < 1.29 is 23.8 Å². The van der Waals surface area contributed by atoms with Crippen LogP contribution in [0.15, 0.2) is 12.1 Å². The molecule has 0 bridgehead atoms. The summed E-state index contributed by atoms with van der Waals surface area (Å²) < 4.78 is 16.5. The first kappa shape index (κ1) is 18.5. The van der Waals surface area contributed by atoms with Crippen LogP contribution in [0, 0.1) is 0 Å². The van der Waals surface area contributed by atoms with Crippen molar-refractivity contribution in [1.82, 2.24) is 4.90 Å². The molecule has 0 atom stereocenters. The Morgan fingerprint density at radius 1 is 1.23 bits per heavy atom. The predicted octanol–water partition coefficient (Wildman–Crippen LogP) is 2.70. The molecule has 7 nitrogen and oxygen atoms in total. The molecule has 0 aliphatic carbocycles. The summed E-state index contributed by atoms with van der Waals surface area (Å²) in [7, 11) is 0. The van der Waals surface area contributed by atoms with Gasteiger partial charge in [-0.2, -0.15) is 0 Å². The van der Waals surface area contributed by atoms with E-state index in [0.29, 0.717) is 38.6 Å². The predicted molar refractivity (Wildman–Crippen MR) is 96.3 cm³/mol. The number of fused-ring (bicyclic) bond motifs is 1. The zero-order valence-electron chi connectivity index (χ0n) is 15.8. The maximum Gasteiger partial charge on any atom is 0.410 e. The van der Waals surface area contributed by atoms with Crippen LogP contribution in [0.5, 0.6) is 5.75 Å². The van der Waals surface area contributed by atoms with Gasteiger partial charge in [0.15, 0.2) is 0 Å². The van der Waals surface area contributed by atoms with E-state index in [0.717, 1.165) is 16.8 Å². The van der Waals surface area contributed by atoms with E-state index >= 15 is 0 Å². The molecule has 0 radical (unpaired) electrons. The highest BCUT2D eigenvalue weighted by atomic mass is 16.6. The number of hydrogen-bond acceptors (Lipinski definition) is 5. The van der Waals surface area contributed by atoms with Crippen molar-refractivity contribution >= 4 is 17.7 Å². The highest BCUT2D eigenvalue weighted by molar-refractivity contribution is 5.96. The number of amides is 2. The van der Waals surface area contributed by atoms with Crippen LogP contribution in [-0.4, -0.2) is 48.9 Å². The molecule has 0 N–H and O–H groups in total. The van der Waals surface area contributed by atoms with E-state index in [2.05, 4.69) is 0 Å². The Kier molecular flexibility index (Phi) is 5.09. The Balaban J connectivity index is 1.86. The normalized spacial score (nSPS) is 17.3. The van der Waals surface area contributed by atoms with Gasteiger partial charge in [-0.15, -0.1) is 0 Å². The monoisotopic (exact) mass is 362 g/mol. The molecule has 2 aliphatic heterocycles. The van der Waals surface area contributed by atoms with Crippen molar-refractivity contribution in [3.8, 4) is 5.75 Å². The van der Waals surface area contributed by atoms with E-state index in [1.807, 2.05) is 39.8 Å². The summed E-state index contributed by atoms with van der Waals surface area (Å²) in [6.07, 6.45) is -0.337. The van der Waals surface area contributed by atoms with Crippen LogP contribution in [0.2, 0.25) is 0 Å². The Bertz CT molecular complexity index is 711. The number of rotatable bonds is 3. The van der Waals surface area contributed by atoms with Gasteiger partial charge in [0.1, 0.15) is 18.0 Å². The minimum absolute atomic E-state index is 0.0761. The summed E-state index contributed by atoms with van der Waals surface area (Å²) >= 11 is 0. The fourth-order valence-electron chi connectivity index (χ4n) is 3.13. The lowest BCUT2D eigenvalue weighted by Crippen LogP contribution is -2.41. The van der Waals surface area contributed by atoms with Crippen LogP contribution >= 0.6 is 0 Å². The number of benzene rings is 1. The fraction of sp³-hybridized carbons (Fsp3) is 0.579. The smallest absolute Gasteiger partial charge is 0.410 e. The second kappa shape index (κ2) is 7.15. The first-order valence-corrected chi connectivity index (χ1v) is 8.93. The van der Waals surface area contributed by atoms with Gasteiger partial charge in [-0.25, -0.2) is 4.79 Å². The molecule has 26 heavy (non-hydrogen) atoms. The maximum atomic E-state index is 12.4. The first-order chi connectivity index (χ1) is 12.3. The number of nitrogens with zero attached hydrogens (tertiary/aromatic N) is 2. The number of hydrogen-bond donors (Lipinski definition) is 0. The van der Waals surface area contributed by atoms with Gasteiger partial charge in [0.2, 0.25) is 0 Å². The van der Waals surface area contributed by atoms with Crippen molar-refractivity contribution in [3.05, 3.63) is 23.3 Å². The van der Waals surface area contributed by atoms with Crippen molar-refractivity contribution in [2.45, 2.75) is 46.4 Å². The van der Waals surface area contributed by atoms with Gasteiger partial charge >= 0.3 is 6.09 Å². The zero-order chi connectivity index (χ0) is 18.9. The molecular formula is C19H26N2O5. The second-order valence-electron chi connectivity index (χ2n) is 7.46. The van der Waals surface area contributed by atoms with E-state index in [9.17, 15) is 9.59 Å². The summed E-state index contributed by atoms with van der Waals surface area (Å²) in [4.78, 5) is 28.0. The third kappa shape index (κ3) is 3.93. The second-order valence-corrected chi connectivity index (χ2v) is 7.46. The quantitative estimate of drug-likeness (QED) is 0.827. The molecule has 1 aromatic carbocycles. The summed E-state index contributed by atoms with van der Waals surface area (Å²) in [5.41, 5.74) is 2.23. The largest absolute Gasteiger partial charge is 0.492 e. The Labute approximate surface area is 153 Å². The van der Waals surface area contributed by atoms with E-state index in [1.54, 1.807) is 9.80 Å². The molecule has 3 rings (SSSR count). The summed E-state index contributed by atoms with van der Waals surface area (Å²) in [6.45, 7) is 9.96. The molecule has 1 aromatic rings.